The van der Waals surface area contributed by atoms with Gasteiger partial charge in [0.25, 0.3) is 0 Å². The van der Waals surface area contributed by atoms with Gasteiger partial charge in [0.15, 0.2) is 0 Å². The average Bonchev–Trinajstić information content (AvgIpc) is 2.37. The van der Waals surface area contributed by atoms with Gasteiger partial charge in [-0.3, -0.25) is 9.59 Å². The van der Waals surface area contributed by atoms with Crippen molar-refractivity contribution in [1.29, 1.82) is 0 Å². The van der Waals surface area contributed by atoms with Crippen molar-refractivity contribution in [3.63, 3.8) is 0 Å². The summed E-state index contributed by atoms with van der Waals surface area (Å²) in [4.78, 5) is 22.6. The number of benzene rings is 1. The third kappa shape index (κ3) is 2.68. The number of carboxylic acids is 1. The zero-order valence-corrected chi connectivity index (χ0v) is 10.1. The summed E-state index contributed by atoms with van der Waals surface area (Å²) in [6.07, 6.45) is 0.592. The Morgan fingerprint density at radius 1 is 1.39 bits per heavy atom. The third-order valence-corrected chi connectivity index (χ3v) is 3.13. The zero-order chi connectivity index (χ0) is 13.1. The van der Waals surface area contributed by atoms with Gasteiger partial charge in [0.1, 0.15) is 6.04 Å². The lowest BCUT2D eigenvalue weighted by Gasteiger charge is -2.26. The first-order valence-corrected chi connectivity index (χ1v) is 5.91. The molecule has 1 aromatic rings. The van der Waals surface area contributed by atoms with E-state index in [0.29, 0.717) is 13.0 Å². The Kier molecular flexibility index (Phi) is 3.62. The smallest absolute Gasteiger partial charge is 0.325 e. The Hall–Kier alpha value is -1.88. The molecule has 0 spiro atoms. The van der Waals surface area contributed by atoms with E-state index in [4.69, 9.17) is 5.11 Å². The van der Waals surface area contributed by atoms with Crippen LogP contribution < -0.4 is 10.6 Å². The van der Waals surface area contributed by atoms with Gasteiger partial charge in [-0.05, 0) is 24.5 Å². The third-order valence-electron chi connectivity index (χ3n) is 3.13. The molecule has 0 radical (unpaired) electrons. The number of hydrogen-bond acceptors (Lipinski definition) is 3. The number of rotatable bonds is 3. The Morgan fingerprint density at radius 3 is 2.72 bits per heavy atom. The first-order valence-electron chi connectivity index (χ1n) is 5.91. The number of carbonyl (C=O) groups is 2. The molecule has 1 aliphatic rings. The molecule has 0 aromatic heterocycles. The molecular formula is C13H16N2O3. The van der Waals surface area contributed by atoms with E-state index in [9.17, 15) is 9.59 Å². The van der Waals surface area contributed by atoms with Crippen molar-refractivity contribution < 1.29 is 14.7 Å². The fourth-order valence-electron chi connectivity index (χ4n) is 2.02. The number of carboxylic acid groups (broad SMARTS) is 1. The fraction of sp³-hybridized carbons (Fsp3) is 0.385. The Morgan fingerprint density at radius 2 is 2.06 bits per heavy atom. The summed E-state index contributed by atoms with van der Waals surface area (Å²) in [6.45, 7) is 2.09. The summed E-state index contributed by atoms with van der Waals surface area (Å²) in [5.41, 5.74) is 2.33. The van der Waals surface area contributed by atoms with Crippen molar-refractivity contribution in [2.45, 2.75) is 32.0 Å². The van der Waals surface area contributed by atoms with E-state index < -0.39 is 12.0 Å². The van der Waals surface area contributed by atoms with Gasteiger partial charge >= 0.3 is 5.97 Å². The molecule has 0 saturated heterocycles. The summed E-state index contributed by atoms with van der Waals surface area (Å²) in [6, 6.07) is 6.71. The lowest BCUT2D eigenvalue weighted by atomic mass is 9.95. The maximum atomic E-state index is 11.9. The molecule has 3 N–H and O–H groups in total. The second-order valence-corrected chi connectivity index (χ2v) is 4.47. The van der Waals surface area contributed by atoms with E-state index in [1.807, 2.05) is 24.3 Å². The Balaban J connectivity index is 2.00. The molecule has 2 rings (SSSR count). The first kappa shape index (κ1) is 12.6. The number of carbonyl (C=O) groups excluding carboxylic acids is 1. The van der Waals surface area contributed by atoms with Gasteiger partial charge in [0.2, 0.25) is 5.91 Å². The minimum absolute atomic E-state index is 0.264. The Bertz CT molecular complexity index is 473. The van der Waals surface area contributed by atoms with Crippen molar-refractivity contribution in [2.24, 2.45) is 0 Å². The van der Waals surface area contributed by atoms with Gasteiger partial charge < -0.3 is 15.7 Å². The quantitative estimate of drug-likeness (QED) is 0.718. The van der Waals surface area contributed by atoms with E-state index in [1.165, 1.54) is 12.5 Å². The summed E-state index contributed by atoms with van der Waals surface area (Å²) in [7, 11) is 0. The highest BCUT2D eigenvalue weighted by atomic mass is 16.4. The van der Waals surface area contributed by atoms with Gasteiger partial charge in [0, 0.05) is 6.54 Å². The number of amides is 1. The van der Waals surface area contributed by atoms with Crippen molar-refractivity contribution >= 4 is 11.9 Å². The van der Waals surface area contributed by atoms with Gasteiger partial charge in [-0.2, -0.15) is 0 Å². The van der Waals surface area contributed by atoms with Crippen LogP contribution in [0.4, 0.5) is 0 Å². The van der Waals surface area contributed by atoms with E-state index in [1.54, 1.807) is 0 Å². The summed E-state index contributed by atoms with van der Waals surface area (Å²) < 4.78 is 0. The van der Waals surface area contributed by atoms with Crippen LogP contribution in [0.2, 0.25) is 0 Å². The predicted molar refractivity (Wildman–Crippen MR) is 66.0 cm³/mol. The molecule has 2 atom stereocenters. The molecule has 0 aliphatic carbocycles. The monoisotopic (exact) mass is 248 g/mol. The van der Waals surface area contributed by atoms with Gasteiger partial charge in [0.05, 0.1) is 6.04 Å². The second kappa shape index (κ2) is 5.18. The van der Waals surface area contributed by atoms with Crippen molar-refractivity contribution in [2.75, 3.05) is 0 Å². The number of nitrogens with one attached hydrogen (secondary N) is 2. The van der Waals surface area contributed by atoms with Crippen LogP contribution in [-0.4, -0.2) is 29.1 Å². The summed E-state index contributed by atoms with van der Waals surface area (Å²) in [5.74, 6) is -1.29. The molecule has 1 unspecified atom stereocenters. The van der Waals surface area contributed by atoms with Crippen LogP contribution in [0.5, 0.6) is 0 Å². The lowest BCUT2D eigenvalue weighted by molar-refractivity contribution is -0.141. The lowest BCUT2D eigenvalue weighted by Crippen LogP contribution is -2.51. The van der Waals surface area contributed by atoms with Gasteiger partial charge in [-0.25, -0.2) is 0 Å². The molecule has 0 bridgehead atoms. The van der Waals surface area contributed by atoms with Crippen LogP contribution in [0, 0.1) is 0 Å². The average molecular weight is 248 g/mol. The number of fused-ring (bicyclic) bond motifs is 1. The Labute approximate surface area is 105 Å². The SMILES string of the molecule is CC(NC(=O)[C@@H]1Cc2ccccc2CN1)C(=O)O. The summed E-state index contributed by atoms with van der Waals surface area (Å²) >= 11 is 0. The summed E-state index contributed by atoms with van der Waals surface area (Å²) in [5, 5.41) is 14.3. The maximum absolute atomic E-state index is 11.9. The molecule has 0 saturated carbocycles. The zero-order valence-electron chi connectivity index (χ0n) is 10.1. The standard InChI is InChI=1S/C13H16N2O3/c1-8(13(17)18)15-12(16)11-6-9-4-2-3-5-10(9)7-14-11/h2-5,8,11,14H,6-7H2,1H3,(H,15,16)(H,17,18)/t8?,11-/m0/s1. The van der Waals surface area contributed by atoms with E-state index in [0.717, 1.165) is 5.56 Å². The minimum Gasteiger partial charge on any atom is -0.480 e. The van der Waals surface area contributed by atoms with Crippen LogP contribution in [-0.2, 0) is 22.6 Å². The van der Waals surface area contributed by atoms with Crippen LogP contribution in [0.15, 0.2) is 24.3 Å². The molecule has 1 heterocycles. The fourth-order valence-corrected chi connectivity index (χ4v) is 2.02. The molecule has 5 nitrogen and oxygen atoms in total. The van der Waals surface area contributed by atoms with Crippen LogP contribution >= 0.6 is 0 Å². The van der Waals surface area contributed by atoms with Crippen molar-refractivity contribution in [3.05, 3.63) is 35.4 Å². The second-order valence-electron chi connectivity index (χ2n) is 4.47. The van der Waals surface area contributed by atoms with Gasteiger partial charge in [-0.15, -0.1) is 0 Å². The van der Waals surface area contributed by atoms with E-state index in [2.05, 4.69) is 10.6 Å². The molecule has 96 valence electrons. The molecule has 1 aliphatic heterocycles. The van der Waals surface area contributed by atoms with Crippen molar-refractivity contribution in [1.82, 2.24) is 10.6 Å². The van der Waals surface area contributed by atoms with Crippen LogP contribution in [0.1, 0.15) is 18.1 Å². The number of hydrogen-bond donors (Lipinski definition) is 3. The number of aliphatic carboxylic acids is 1. The minimum atomic E-state index is -1.03. The van der Waals surface area contributed by atoms with Crippen molar-refractivity contribution in [3.8, 4) is 0 Å². The normalized spacial score (nSPS) is 19.7. The molecule has 1 aromatic carbocycles. The largest absolute Gasteiger partial charge is 0.480 e. The maximum Gasteiger partial charge on any atom is 0.325 e. The molecule has 1 amide bonds. The van der Waals surface area contributed by atoms with E-state index in [-0.39, 0.29) is 11.9 Å². The highest BCUT2D eigenvalue weighted by Crippen LogP contribution is 2.16. The topological polar surface area (TPSA) is 78.4 Å². The van der Waals surface area contributed by atoms with Crippen LogP contribution in [0.25, 0.3) is 0 Å². The molecular weight excluding hydrogens is 232 g/mol. The molecule has 0 fully saturated rings. The first-order chi connectivity index (χ1) is 8.58. The van der Waals surface area contributed by atoms with Crippen LogP contribution in [0.3, 0.4) is 0 Å². The molecule has 18 heavy (non-hydrogen) atoms. The van der Waals surface area contributed by atoms with Gasteiger partial charge in [-0.1, -0.05) is 24.3 Å². The molecule has 5 heteroatoms. The van der Waals surface area contributed by atoms with E-state index >= 15 is 0 Å². The highest BCUT2D eigenvalue weighted by Gasteiger charge is 2.25. The predicted octanol–water partition coefficient (Wildman–Crippen LogP) is 0.290. The highest BCUT2D eigenvalue weighted by molar-refractivity contribution is 5.87.